The van der Waals surface area contributed by atoms with Crippen LogP contribution >= 0.6 is 15.9 Å². The number of nitrogens with one attached hydrogen (secondary N) is 1. The summed E-state index contributed by atoms with van der Waals surface area (Å²) < 4.78 is 70.3. The fourth-order valence-corrected chi connectivity index (χ4v) is 7.73. The summed E-state index contributed by atoms with van der Waals surface area (Å²) in [6, 6.07) is 17.0. The number of sulfone groups is 1. The maximum atomic E-state index is 13.7. The lowest BCUT2D eigenvalue weighted by atomic mass is 10.0. The molecule has 11 heteroatoms. The van der Waals surface area contributed by atoms with E-state index in [1.54, 1.807) is 54.0 Å². The molecule has 0 radical (unpaired) electrons. The van der Waals surface area contributed by atoms with Gasteiger partial charge in [-0.25, -0.2) is 12.8 Å². The lowest BCUT2D eigenvalue weighted by Crippen LogP contribution is -2.46. The summed E-state index contributed by atoms with van der Waals surface area (Å²) in [7, 11) is -3.22. The fourth-order valence-electron chi connectivity index (χ4n) is 4.80. The van der Waals surface area contributed by atoms with Crippen molar-refractivity contribution >= 4 is 42.6 Å². The van der Waals surface area contributed by atoms with Gasteiger partial charge in [0, 0.05) is 22.2 Å². The molecule has 0 saturated carbocycles. The average molecular weight is 607 g/mol. The SMILES string of the molecule is CC1(NC(=O)c2ccc3c(-c4cccc(OC(F)F)c4)c(Br)n(-c4ccc(F)cc4)c3c2)CCS(=O)(=O)C1. The van der Waals surface area contributed by atoms with Crippen LogP contribution in [0, 0.1) is 5.82 Å². The summed E-state index contributed by atoms with van der Waals surface area (Å²) in [4.78, 5) is 13.2. The van der Waals surface area contributed by atoms with Crippen molar-refractivity contribution < 1.29 is 31.1 Å². The van der Waals surface area contributed by atoms with Gasteiger partial charge in [0.25, 0.3) is 5.91 Å². The minimum absolute atomic E-state index is 0.0113. The molecule has 1 N–H and O–H groups in total. The van der Waals surface area contributed by atoms with Crippen LogP contribution in [0.1, 0.15) is 23.7 Å². The molecule has 38 heavy (non-hydrogen) atoms. The molecule has 0 aliphatic carbocycles. The normalized spacial score (nSPS) is 18.7. The third kappa shape index (κ3) is 5.17. The van der Waals surface area contributed by atoms with Crippen LogP contribution in [0.25, 0.3) is 27.7 Å². The second-order valence-corrected chi connectivity index (χ2v) is 12.4. The Hall–Kier alpha value is -3.31. The van der Waals surface area contributed by atoms with Crippen molar-refractivity contribution in [3.05, 3.63) is 82.7 Å². The highest BCUT2D eigenvalue weighted by Gasteiger charge is 2.39. The van der Waals surface area contributed by atoms with Gasteiger partial charge in [-0.15, -0.1) is 0 Å². The maximum Gasteiger partial charge on any atom is 0.387 e. The molecule has 1 aromatic heterocycles. The van der Waals surface area contributed by atoms with Crippen LogP contribution in [0.15, 0.2) is 71.3 Å². The number of carbonyl (C=O) groups excluding carboxylic acids is 1. The predicted molar refractivity (Wildman–Crippen MR) is 142 cm³/mol. The van der Waals surface area contributed by atoms with Crippen LogP contribution in [0.5, 0.6) is 5.75 Å². The summed E-state index contributed by atoms with van der Waals surface area (Å²) in [6.07, 6.45) is 0.321. The molecule has 3 aromatic carbocycles. The standard InChI is InChI=1S/C27H22BrF3N2O4S/c1-27(11-12-38(35,36)15-27)32-25(34)17-5-10-21-22(14-17)33(19-8-6-18(29)7-9-19)24(28)23(21)16-3-2-4-20(13-16)37-26(30)31/h2-10,13-14,26H,11-12,15H2,1H3,(H,32,34). The van der Waals surface area contributed by atoms with Crippen LogP contribution in [-0.2, 0) is 9.84 Å². The highest BCUT2D eigenvalue weighted by atomic mass is 79.9. The Labute approximate surface area is 225 Å². The monoisotopic (exact) mass is 606 g/mol. The Kier molecular flexibility index (Phi) is 6.77. The molecular weight excluding hydrogens is 585 g/mol. The van der Waals surface area contributed by atoms with Crippen LogP contribution < -0.4 is 10.1 Å². The smallest absolute Gasteiger partial charge is 0.387 e. The van der Waals surface area contributed by atoms with Crippen molar-refractivity contribution in [2.45, 2.75) is 25.5 Å². The van der Waals surface area contributed by atoms with Gasteiger partial charge in [0.15, 0.2) is 9.84 Å². The van der Waals surface area contributed by atoms with E-state index in [-0.39, 0.29) is 17.3 Å². The van der Waals surface area contributed by atoms with Gasteiger partial charge in [-0.2, -0.15) is 8.78 Å². The number of carbonyl (C=O) groups is 1. The fraction of sp³-hybridized carbons (Fsp3) is 0.222. The van der Waals surface area contributed by atoms with Gasteiger partial charge in [0.2, 0.25) is 0 Å². The van der Waals surface area contributed by atoms with E-state index in [0.29, 0.717) is 44.3 Å². The molecule has 1 fully saturated rings. The van der Waals surface area contributed by atoms with E-state index in [0.717, 1.165) is 0 Å². The summed E-state index contributed by atoms with van der Waals surface area (Å²) in [6.45, 7) is -1.27. The lowest BCUT2D eigenvalue weighted by Gasteiger charge is -2.24. The number of alkyl halides is 2. The summed E-state index contributed by atoms with van der Waals surface area (Å²) in [5.74, 6) is -0.975. The van der Waals surface area contributed by atoms with Crippen LogP contribution in [0.4, 0.5) is 13.2 Å². The van der Waals surface area contributed by atoms with Gasteiger partial charge in [-0.1, -0.05) is 18.2 Å². The van der Waals surface area contributed by atoms with Crippen molar-refractivity contribution in [1.29, 1.82) is 0 Å². The number of nitrogens with zero attached hydrogens (tertiary/aromatic N) is 1. The number of rotatable bonds is 6. The van der Waals surface area contributed by atoms with E-state index in [9.17, 15) is 26.4 Å². The first kappa shape index (κ1) is 26.3. The van der Waals surface area contributed by atoms with E-state index in [4.69, 9.17) is 0 Å². The summed E-state index contributed by atoms with van der Waals surface area (Å²) in [5.41, 5.74) is 1.86. The predicted octanol–water partition coefficient (Wildman–Crippen LogP) is 6.11. The van der Waals surface area contributed by atoms with Gasteiger partial charge in [0.05, 0.1) is 27.2 Å². The van der Waals surface area contributed by atoms with E-state index in [1.807, 2.05) is 0 Å². The van der Waals surface area contributed by atoms with Crippen LogP contribution in [0.3, 0.4) is 0 Å². The molecule has 4 aromatic rings. The minimum atomic E-state index is -3.22. The summed E-state index contributed by atoms with van der Waals surface area (Å²) >= 11 is 3.63. The minimum Gasteiger partial charge on any atom is -0.435 e. The highest BCUT2D eigenvalue weighted by Crippen LogP contribution is 2.41. The van der Waals surface area contributed by atoms with Gasteiger partial charge in [0.1, 0.15) is 11.6 Å². The molecule has 1 saturated heterocycles. The zero-order chi connectivity index (χ0) is 27.2. The number of fused-ring (bicyclic) bond motifs is 1. The Morgan fingerprint density at radius 3 is 2.50 bits per heavy atom. The second-order valence-electron chi connectivity index (χ2n) is 9.47. The van der Waals surface area contributed by atoms with E-state index in [1.165, 1.54) is 24.3 Å². The zero-order valence-corrected chi connectivity index (χ0v) is 22.5. The van der Waals surface area contributed by atoms with Crippen molar-refractivity contribution in [2.75, 3.05) is 11.5 Å². The number of halogens is 4. The molecule has 2 heterocycles. The van der Waals surface area contributed by atoms with E-state index >= 15 is 0 Å². The van der Waals surface area contributed by atoms with Crippen molar-refractivity contribution in [3.8, 4) is 22.6 Å². The Morgan fingerprint density at radius 2 is 1.84 bits per heavy atom. The van der Waals surface area contributed by atoms with Gasteiger partial charge >= 0.3 is 6.61 Å². The Morgan fingerprint density at radius 1 is 1.11 bits per heavy atom. The maximum absolute atomic E-state index is 13.7. The quantitative estimate of drug-likeness (QED) is 0.287. The summed E-state index contributed by atoms with van der Waals surface area (Å²) in [5, 5.41) is 3.56. The third-order valence-corrected chi connectivity index (χ3v) is 9.18. The number of hydrogen-bond acceptors (Lipinski definition) is 4. The van der Waals surface area contributed by atoms with Gasteiger partial charge < -0.3 is 14.6 Å². The lowest BCUT2D eigenvalue weighted by molar-refractivity contribution is -0.0498. The highest BCUT2D eigenvalue weighted by molar-refractivity contribution is 9.10. The largest absolute Gasteiger partial charge is 0.435 e. The molecule has 198 valence electrons. The van der Waals surface area contributed by atoms with E-state index < -0.39 is 33.7 Å². The van der Waals surface area contributed by atoms with Gasteiger partial charge in [-0.3, -0.25) is 4.79 Å². The molecule has 5 rings (SSSR count). The van der Waals surface area contributed by atoms with Crippen molar-refractivity contribution in [2.24, 2.45) is 0 Å². The van der Waals surface area contributed by atoms with Crippen molar-refractivity contribution in [3.63, 3.8) is 0 Å². The molecule has 1 unspecified atom stereocenters. The first-order valence-electron chi connectivity index (χ1n) is 11.6. The number of amides is 1. The Balaban J connectivity index is 1.64. The number of hydrogen-bond donors (Lipinski definition) is 1. The molecule has 1 atom stereocenters. The molecule has 1 aliphatic rings. The average Bonchev–Trinajstić information content (AvgIpc) is 3.29. The Bertz CT molecular complexity index is 1660. The first-order valence-corrected chi connectivity index (χ1v) is 14.2. The van der Waals surface area contributed by atoms with E-state index in [2.05, 4.69) is 26.0 Å². The second kappa shape index (κ2) is 9.77. The molecule has 1 amide bonds. The molecular formula is C27H22BrF3N2O4S. The van der Waals surface area contributed by atoms with Crippen molar-refractivity contribution in [1.82, 2.24) is 9.88 Å². The zero-order valence-electron chi connectivity index (χ0n) is 20.0. The topological polar surface area (TPSA) is 77.4 Å². The first-order chi connectivity index (χ1) is 17.9. The number of ether oxygens (including phenoxy) is 1. The van der Waals surface area contributed by atoms with Gasteiger partial charge in [-0.05, 0) is 83.4 Å². The molecule has 0 spiro atoms. The molecule has 0 bridgehead atoms. The number of aromatic nitrogens is 1. The molecule has 1 aliphatic heterocycles. The molecule has 6 nitrogen and oxygen atoms in total. The van der Waals surface area contributed by atoms with Crippen LogP contribution in [-0.4, -0.2) is 42.5 Å². The van der Waals surface area contributed by atoms with Crippen LogP contribution in [0.2, 0.25) is 0 Å². The number of benzene rings is 3. The third-order valence-electron chi connectivity index (χ3n) is 6.52.